The van der Waals surface area contributed by atoms with Crippen LogP contribution in [0.5, 0.6) is 0 Å². The van der Waals surface area contributed by atoms with Crippen LogP contribution in [0, 0.1) is 0 Å². The predicted octanol–water partition coefficient (Wildman–Crippen LogP) is 0.723. The van der Waals surface area contributed by atoms with E-state index in [0.29, 0.717) is 0 Å². The molecule has 0 radical (unpaired) electrons. The number of carbonyl (C=O) groups is 3. The second-order valence-electron chi connectivity index (χ2n) is 4.86. The molecule has 0 heterocycles. The molecule has 3 amide bonds. The number of rotatable bonds is 5. The van der Waals surface area contributed by atoms with Crippen molar-refractivity contribution < 1.29 is 23.9 Å². The van der Waals surface area contributed by atoms with Crippen LogP contribution in [0.2, 0.25) is 0 Å². The van der Waals surface area contributed by atoms with Gasteiger partial charge < -0.3 is 14.8 Å². The zero-order chi connectivity index (χ0) is 15.0. The van der Waals surface area contributed by atoms with E-state index < -0.39 is 24.0 Å². The van der Waals surface area contributed by atoms with Crippen molar-refractivity contribution in [2.45, 2.75) is 51.2 Å². The third kappa shape index (κ3) is 6.01. The Kier molecular flexibility index (Phi) is 7.00. The van der Waals surface area contributed by atoms with Gasteiger partial charge in [0.2, 0.25) is 0 Å². The number of hydrogen-bond acceptors (Lipinski definition) is 5. The Morgan fingerprint density at radius 3 is 2.45 bits per heavy atom. The molecular weight excluding hydrogens is 264 g/mol. The summed E-state index contributed by atoms with van der Waals surface area (Å²) in [5.74, 6) is -1.30. The molecule has 0 spiro atoms. The molecular formula is C13H22N2O5. The standard InChI is InChI=1S/C13H22N2O5/c1-9(20-11(16)8-19-2)12(17)15-13(18)14-10-6-4-3-5-7-10/h9-10H,3-8H2,1-2H3,(H2,14,15,17,18)/t9-/m0/s1. The van der Waals surface area contributed by atoms with Gasteiger partial charge in [-0.2, -0.15) is 0 Å². The highest BCUT2D eigenvalue weighted by atomic mass is 16.6. The van der Waals surface area contributed by atoms with Gasteiger partial charge in [-0.05, 0) is 19.8 Å². The summed E-state index contributed by atoms with van der Waals surface area (Å²) in [5, 5.41) is 4.91. The van der Waals surface area contributed by atoms with Crippen LogP contribution in [-0.2, 0) is 19.1 Å². The van der Waals surface area contributed by atoms with Crippen molar-refractivity contribution in [2.75, 3.05) is 13.7 Å². The van der Waals surface area contributed by atoms with Crippen LogP contribution >= 0.6 is 0 Å². The maximum atomic E-state index is 11.6. The Morgan fingerprint density at radius 2 is 1.85 bits per heavy atom. The van der Waals surface area contributed by atoms with Crippen molar-refractivity contribution >= 4 is 17.9 Å². The number of imide groups is 1. The van der Waals surface area contributed by atoms with E-state index in [4.69, 9.17) is 4.74 Å². The lowest BCUT2D eigenvalue weighted by molar-refractivity contribution is -0.157. The highest BCUT2D eigenvalue weighted by molar-refractivity contribution is 5.97. The van der Waals surface area contributed by atoms with Crippen molar-refractivity contribution in [2.24, 2.45) is 0 Å². The topological polar surface area (TPSA) is 93.7 Å². The summed E-state index contributed by atoms with van der Waals surface area (Å²) < 4.78 is 9.37. The van der Waals surface area contributed by atoms with Gasteiger partial charge in [-0.25, -0.2) is 9.59 Å². The van der Waals surface area contributed by atoms with Gasteiger partial charge in [0, 0.05) is 13.2 Å². The van der Waals surface area contributed by atoms with E-state index >= 15 is 0 Å². The average molecular weight is 286 g/mol. The van der Waals surface area contributed by atoms with E-state index in [0.717, 1.165) is 25.7 Å². The zero-order valence-electron chi connectivity index (χ0n) is 11.9. The van der Waals surface area contributed by atoms with E-state index in [2.05, 4.69) is 15.4 Å². The molecule has 0 unspecified atom stereocenters. The summed E-state index contributed by atoms with van der Waals surface area (Å²) in [6.07, 6.45) is 4.19. The molecule has 0 aliphatic heterocycles. The Hall–Kier alpha value is -1.63. The van der Waals surface area contributed by atoms with Gasteiger partial charge in [0.15, 0.2) is 6.10 Å². The van der Waals surface area contributed by atoms with Gasteiger partial charge in [0.05, 0.1) is 0 Å². The molecule has 0 aromatic carbocycles. The van der Waals surface area contributed by atoms with Crippen molar-refractivity contribution in [3.8, 4) is 0 Å². The molecule has 1 aliphatic rings. The number of amides is 3. The monoisotopic (exact) mass is 286 g/mol. The summed E-state index contributed by atoms with van der Waals surface area (Å²) in [6.45, 7) is 1.17. The number of hydrogen-bond donors (Lipinski definition) is 2. The number of carbonyl (C=O) groups excluding carboxylic acids is 3. The third-order valence-electron chi connectivity index (χ3n) is 3.12. The number of nitrogens with one attached hydrogen (secondary N) is 2. The number of esters is 1. The molecule has 20 heavy (non-hydrogen) atoms. The zero-order valence-corrected chi connectivity index (χ0v) is 11.9. The summed E-state index contributed by atoms with van der Waals surface area (Å²) >= 11 is 0. The van der Waals surface area contributed by atoms with E-state index in [1.165, 1.54) is 20.5 Å². The molecule has 1 saturated carbocycles. The Morgan fingerprint density at radius 1 is 1.20 bits per heavy atom. The SMILES string of the molecule is COCC(=O)O[C@@H](C)C(=O)NC(=O)NC1CCCCC1. The molecule has 0 aromatic rings. The molecule has 0 saturated heterocycles. The van der Waals surface area contributed by atoms with Gasteiger partial charge in [0.1, 0.15) is 6.61 Å². The lowest BCUT2D eigenvalue weighted by Crippen LogP contribution is -2.48. The van der Waals surface area contributed by atoms with Gasteiger partial charge in [0.25, 0.3) is 5.91 Å². The molecule has 0 bridgehead atoms. The molecule has 7 nitrogen and oxygen atoms in total. The minimum absolute atomic E-state index is 0.114. The summed E-state index contributed by atoms with van der Waals surface area (Å²) in [7, 11) is 1.35. The molecule has 114 valence electrons. The van der Waals surface area contributed by atoms with Crippen molar-refractivity contribution in [1.82, 2.24) is 10.6 Å². The maximum Gasteiger partial charge on any atom is 0.332 e. The molecule has 1 fully saturated rings. The first kappa shape index (κ1) is 16.4. The van der Waals surface area contributed by atoms with Crippen molar-refractivity contribution in [3.63, 3.8) is 0 Å². The van der Waals surface area contributed by atoms with E-state index in [1.54, 1.807) is 0 Å². The smallest absolute Gasteiger partial charge is 0.332 e. The molecule has 7 heteroatoms. The fraction of sp³-hybridized carbons (Fsp3) is 0.769. The van der Waals surface area contributed by atoms with Crippen molar-refractivity contribution in [1.29, 1.82) is 0 Å². The largest absolute Gasteiger partial charge is 0.451 e. The minimum Gasteiger partial charge on any atom is -0.451 e. The fourth-order valence-corrected chi connectivity index (χ4v) is 2.08. The van der Waals surface area contributed by atoms with Crippen LogP contribution in [0.4, 0.5) is 4.79 Å². The first-order valence-corrected chi connectivity index (χ1v) is 6.82. The lowest BCUT2D eigenvalue weighted by atomic mass is 9.96. The third-order valence-corrected chi connectivity index (χ3v) is 3.12. The normalized spacial score (nSPS) is 17.1. The number of ether oxygens (including phenoxy) is 2. The van der Waals surface area contributed by atoms with Gasteiger partial charge >= 0.3 is 12.0 Å². The fourth-order valence-electron chi connectivity index (χ4n) is 2.08. The van der Waals surface area contributed by atoms with Crippen LogP contribution in [0.25, 0.3) is 0 Å². The lowest BCUT2D eigenvalue weighted by Gasteiger charge is -2.23. The summed E-state index contributed by atoms with van der Waals surface area (Å²) in [5.41, 5.74) is 0. The van der Waals surface area contributed by atoms with Crippen LogP contribution in [0.15, 0.2) is 0 Å². The van der Waals surface area contributed by atoms with Gasteiger partial charge in [-0.1, -0.05) is 19.3 Å². The first-order valence-electron chi connectivity index (χ1n) is 6.82. The number of methoxy groups -OCH3 is 1. The highest BCUT2D eigenvalue weighted by Crippen LogP contribution is 2.17. The predicted molar refractivity (Wildman–Crippen MR) is 71.0 cm³/mol. The average Bonchev–Trinajstić information content (AvgIpc) is 2.39. The Balaban J connectivity index is 2.29. The second-order valence-corrected chi connectivity index (χ2v) is 4.86. The van der Waals surface area contributed by atoms with E-state index in [-0.39, 0.29) is 12.6 Å². The van der Waals surface area contributed by atoms with Crippen LogP contribution in [0.1, 0.15) is 39.0 Å². The maximum absolute atomic E-state index is 11.6. The van der Waals surface area contributed by atoms with E-state index in [9.17, 15) is 14.4 Å². The van der Waals surface area contributed by atoms with Gasteiger partial charge in [-0.15, -0.1) is 0 Å². The van der Waals surface area contributed by atoms with E-state index in [1.807, 2.05) is 0 Å². The summed E-state index contributed by atoms with van der Waals surface area (Å²) in [6, 6.07) is -0.431. The van der Waals surface area contributed by atoms with Crippen LogP contribution < -0.4 is 10.6 Å². The summed E-state index contributed by atoms with van der Waals surface area (Å²) in [4.78, 5) is 34.4. The Labute approximate surface area is 118 Å². The van der Waals surface area contributed by atoms with Crippen molar-refractivity contribution in [3.05, 3.63) is 0 Å². The molecule has 0 aromatic heterocycles. The first-order chi connectivity index (χ1) is 9.52. The second kappa shape index (κ2) is 8.52. The molecule has 1 atom stereocenters. The van der Waals surface area contributed by atoms with Gasteiger partial charge in [-0.3, -0.25) is 10.1 Å². The quantitative estimate of drug-likeness (QED) is 0.726. The Bertz CT molecular complexity index is 353. The van der Waals surface area contributed by atoms with Crippen LogP contribution in [0.3, 0.4) is 0 Å². The minimum atomic E-state index is -1.03. The number of urea groups is 1. The van der Waals surface area contributed by atoms with Crippen LogP contribution in [-0.4, -0.2) is 43.8 Å². The molecule has 1 rings (SSSR count). The molecule has 1 aliphatic carbocycles. The molecule has 2 N–H and O–H groups in total. The highest BCUT2D eigenvalue weighted by Gasteiger charge is 2.21.